The van der Waals surface area contributed by atoms with E-state index in [1.807, 2.05) is 0 Å². The predicted octanol–water partition coefficient (Wildman–Crippen LogP) is 22.9. The van der Waals surface area contributed by atoms with Crippen molar-refractivity contribution >= 4 is 17.9 Å². The van der Waals surface area contributed by atoms with Gasteiger partial charge in [0.05, 0.1) is 0 Å². The topological polar surface area (TPSA) is 78.9 Å². The smallest absolute Gasteiger partial charge is 0.306 e. The number of carbonyl (C=O) groups is 3. The summed E-state index contributed by atoms with van der Waals surface area (Å²) in [5, 5.41) is 0. The fourth-order valence-electron chi connectivity index (χ4n) is 9.70. The van der Waals surface area contributed by atoms with Gasteiger partial charge in [0, 0.05) is 19.3 Å². The van der Waals surface area contributed by atoms with Crippen LogP contribution in [0.3, 0.4) is 0 Å². The Morgan fingerprint density at radius 1 is 0.273 bits per heavy atom. The van der Waals surface area contributed by atoms with Crippen molar-refractivity contribution in [2.45, 2.75) is 348 Å². The highest BCUT2D eigenvalue weighted by Crippen LogP contribution is 2.17. The van der Waals surface area contributed by atoms with Crippen LogP contribution in [0.4, 0.5) is 0 Å². The first-order valence-corrected chi connectivity index (χ1v) is 33.4. The van der Waals surface area contributed by atoms with E-state index in [1.54, 1.807) is 0 Å². The number of allylic oxidation sites excluding steroid dienone is 12. The minimum Gasteiger partial charge on any atom is -0.462 e. The molecule has 0 aliphatic rings. The molecule has 0 spiro atoms. The van der Waals surface area contributed by atoms with Crippen LogP contribution in [0.5, 0.6) is 0 Å². The second-order valence-electron chi connectivity index (χ2n) is 22.4. The highest BCUT2D eigenvalue weighted by molar-refractivity contribution is 5.71. The molecule has 0 aliphatic heterocycles. The molecule has 0 aliphatic carbocycles. The van der Waals surface area contributed by atoms with Crippen molar-refractivity contribution in [3.05, 3.63) is 72.9 Å². The van der Waals surface area contributed by atoms with Gasteiger partial charge in [0.1, 0.15) is 13.2 Å². The predicted molar refractivity (Wildman–Crippen MR) is 335 cm³/mol. The van der Waals surface area contributed by atoms with E-state index in [0.717, 1.165) is 96.3 Å². The largest absolute Gasteiger partial charge is 0.462 e. The maximum absolute atomic E-state index is 12.9. The fraction of sp³-hybridized carbons (Fsp3) is 0.789. The Morgan fingerprint density at radius 3 is 0.805 bits per heavy atom. The van der Waals surface area contributed by atoms with Crippen LogP contribution in [0.25, 0.3) is 0 Å². The molecule has 0 amide bonds. The summed E-state index contributed by atoms with van der Waals surface area (Å²) in [4.78, 5) is 38.3. The molecule has 6 heteroatoms. The van der Waals surface area contributed by atoms with Crippen LogP contribution in [0.15, 0.2) is 72.9 Å². The minimum atomic E-state index is -0.778. The van der Waals surface area contributed by atoms with Gasteiger partial charge >= 0.3 is 17.9 Å². The Kier molecular flexibility index (Phi) is 62.7. The average Bonchev–Trinajstić information content (AvgIpc) is 3.43. The molecule has 0 N–H and O–H groups in total. The second kappa shape index (κ2) is 65.4. The maximum atomic E-state index is 12.9. The van der Waals surface area contributed by atoms with Gasteiger partial charge in [-0.1, -0.05) is 306 Å². The van der Waals surface area contributed by atoms with E-state index in [1.165, 1.54) is 205 Å². The van der Waals surface area contributed by atoms with Crippen molar-refractivity contribution in [1.82, 2.24) is 0 Å². The van der Waals surface area contributed by atoms with E-state index in [2.05, 4.69) is 93.7 Å². The normalized spacial score (nSPS) is 12.5. The van der Waals surface area contributed by atoms with Crippen LogP contribution in [-0.2, 0) is 28.6 Å². The van der Waals surface area contributed by atoms with Crippen LogP contribution in [0.2, 0.25) is 0 Å². The molecule has 1 atom stereocenters. The molecule has 0 heterocycles. The molecular weight excluding hydrogens is 949 g/mol. The molecule has 0 bridgehead atoms. The maximum Gasteiger partial charge on any atom is 0.306 e. The third-order valence-corrected chi connectivity index (χ3v) is 14.7. The van der Waals surface area contributed by atoms with E-state index in [9.17, 15) is 14.4 Å². The molecule has 0 rings (SSSR count). The van der Waals surface area contributed by atoms with Gasteiger partial charge in [-0.25, -0.2) is 0 Å². The second-order valence-corrected chi connectivity index (χ2v) is 22.4. The van der Waals surface area contributed by atoms with Crippen molar-refractivity contribution in [3.63, 3.8) is 0 Å². The molecule has 0 saturated heterocycles. The number of unbranched alkanes of at least 4 members (excludes halogenated alkanes) is 38. The number of rotatable bonds is 61. The Morgan fingerprint density at radius 2 is 0.506 bits per heavy atom. The number of hydrogen-bond donors (Lipinski definition) is 0. The number of carbonyl (C=O) groups excluding carboxylic acids is 3. The average molecular weight is 1080 g/mol. The zero-order valence-electron chi connectivity index (χ0n) is 51.2. The van der Waals surface area contributed by atoms with Crippen molar-refractivity contribution in [2.75, 3.05) is 13.2 Å². The van der Waals surface area contributed by atoms with Gasteiger partial charge in [-0.3, -0.25) is 14.4 Å². The summed E-state index contributed by atoms with van der Waals surface area (Å²) >= 11 is 0. The summed E-state index contributed by atoms with van der Waals surface area (Å²) < 4.78 is 16.9. The zero-order chi connectivity index (χ0) is 55.7. The van der Waals surface area contributed by atoms with Crippen molar-refractivity contribution in [1.29, 1.82) is 0 Å². The first-order chi connectivity index (χ1) is 38.0. The summed E-state index contributed by atoms with van der Waals surface area (Å²) in [5.74, 6) is -0.865. The van der Waals surface area contributed by atoms with Gasteiger partial charge < -0.3 is 14.2 Å². The lowest BCUT2D eigenvalue weighted by Gasteiger charge is -2.18. The van der Waals surface area contributed by atoms with Gasteiger partial charge in [-0.2, -0.15) is 0 Å². The quantitative estimate of drug-likeness (QED) is 0.0261. The summed E-state index contributed by atoms with van der Waals surface area (Å²) in [6.45, 7) is 6.56. The van der Waals surface area contributed by atoms with Crippen LogP contribution < -0.4 is 0 Å². The van der Waals surface area contributed by atoms with Gasteiger partial charge in [0.15, 0.2) is 6.10 Å². The third-order valence-electron chi connectivity index (χ3n) is 14.7. The summed E-state index contributed by atoms with van der Waals surface area (Å²) in [7, 11) is 0. The van der Waals surface area contributed by atoms with Crippen LogP contribution in [0.1, 0.15) is 342 Å². The monoisotopic (exact) mass is 1070 g/mol. The van der Waals surface area contributed by atoms with E-state index in [4.69, 9.17) is 14.2 Å². The Hall–Kier alpha value is -3.15. The molecule has 0 radical (unpaired) electrons. The Balaban J connectivity index is 4.24. The molecular formula is C71H126O6. The summed E-state index contributed by atoms with van der Waals surface area (Å²) in [5.41, 5.74) is 0. The SMILES string of the molecule is CC/C=C\C/C=C\C/C=C\C/C=C\C/C=C\CCCCCCCCCCCCCCCC(=O)OCC(COC(=O)CCCCCCCCCCCCCCCCC)OC(=O)CCCCCCC/C=C\CCCCCCCC. The Bertz CT molecular complexity index is 1420. The highest BCUT2D eigenvalue weighted by atomic mass is 16.6. The molecule has 1 unspecified atom stereocenters. The van der Waals surface area contributed by atoms with E-state index in [-0.39, 0.29) is 31.1 Å². The van der Waals surface area contributed by atoms with Crippen molar-refractivity contribution < 1.29 is 28.6 Å². The molecule has 6 nitrogen and oxygen atoms in total. The third kappa shape index (κ3) is 63.6. The first kappa shape index (κ1) is 73.8. The minimum absolute atomic E-state index is 0.0740. The van der Waals surface area contributed by atoms with E-state index < -0.39 is 6.10 Å². The number of esters is 3. The van der Waals surface area contributed by atoms with Crippen molar-refractivity contribution in [3.8, 4) is 0 Å². The number of ether oxygens (including phenoxy) is 3. The lowest BCUT2D eigenvalue weighted by Crippen LogP contribution is -2.30. The Labute approximate surface area is 478 Å². The first-order valence-electron chi connectivity index (χ1n) is 33.4. The van der Waals surface area contributed by atoms with Crippen LogP contribution in [-0.4, -0.2) is 37.2 Å². The summed E-state index contributed by atoms with van der Waals surface area (Å²) in [6, 6.07) is 0. The van der Waals surface area contributed by atoms with Gasteiger partial charge in [-0.15, -0.1) is 0 Å². The summed E-state index contributed by atoms with van der Waals surface area (Å²) in [6.07, 6.45) is 84.9. The van der Waals surface area contributed by atoms with Crippen LogP contribution in [0, 0.1) is 0 Å². The molecule has 0 saturated carbocycles. The standard InChI is InChI=1S/C71H126O6/c1-4-7-10-13-16-19-22-25-28-29-30-31-32-33-34-35-36-37-38-39-40-41-44-46-49-52-55-58-61-64-70(73)76-67-68(77-71(74)65-62-59-56-53-50-47-43-27-24-21-18-15-12-9-6-3)66-75-69(72)63-60-57-54-51-48-45-42-26-23-20-17-14-11-8-5-2/h7,10,16,19,25,27-28,30-31,33-34,43,68H,4-6,8-9,11-15,17-18,20-24,26,29,32,35-42,44-67H2,1-3H3/b10-7-,19-16-,28-25-,31-30-,34-33-,43-27-. The lowest BCUT2D eigenvalue weighted by atomic mass is 10.0. The van der Waals surface area contributed by atoms with E-state index >= 15 is 0 Å². The van der Waals surface area contributed by atoms with Crippen molar-refractivity contribution in [2.24, 2.45) is 0 Å². The molecule has 0 fully saturated rings. The molecule has 446 valence electrons. The molecule has 0 aromatic carbocycles. The number of hydrogen-bond acceptors (Lipinski definition) is 6. The highest BCUT2D eigenvalue weighted by Gasteiger charge is 2.19. The van der Waals surface area contributed by atoms with Gasteiger partial charge in [0.2, 0.25) is 0 Å². The zero-order valence-corrected chi connectivity index (χ0v) is 51.2. The molecule has 0 aromatic rings. The van der Waals surface area contributed by atoms with Gasteiger partial charge in [0.25, 0.3) is 0 Å². The fourth-order valence-corrected chi connectivity index (χ4v) is 9.70. The molecule has 77 heavy (non-hydrogen) atoms. The lowest BCUT2D eigenvalue weighted by molar-refractivity contribution is -0.167. The van der Waals surface area contributed by atoms with Gasteiger partial charge in [-0.05, 0) is 89.9 Å². The van der Waals surface area contributed by atoms with Crippen LogP contribution >= 0.6 is 0 Å². The van der Waals surface area contributed by atoms with E-state index in [0.29, 0.717) is 19.3 Å². The molecule has 0 aromatic heterocycles.